The number of benzene rings is 1. The fraction of sp³-hybridized carbons (Fsp3) is 0.400. The summed E-state index contributed by atoms with van der Waals surface area (Å²) in [5.74, 6) is 1.56. The van der Waals surface area contributed by atoms with Crippen LogP contribution < -0.4 is 15.4 Å². The van der Waals surface area contributed by atoms with Crippen LogP contribution in [0.3, 0.4) is 0 Å². The Morgan fingerprint density at radius 1 is 1.11 bits per heavy atom. The molecule has 7 heteroatoms. The lowest BCUT2D eigenvalue weighted by Crippen LogP contribution is -2.45. The highest BCUT2D eigenvalue weighted by atomic mass is 127. The fourth-order valence-electron chi connectivity index (χ4n) is 2.12. The highest BCUT2D eigenvalue weighted by Gasteiger charge is 2.16. The van der Waals surface area contributed by atoms with E-state index in [0.29, 0.717) is 19.7 Å². The summed E-state index contributed by atoms with van der Waals surface area (Å²) in [5.41, 5.74) is 1.81. The predicted octanol–water partition coefficient (Wildman–Crippen LogP) is 3.37. The van der Waals surface area contributed by atoms with Crippen LogP contribution in [0.15, 0.2) is 53.7 Å². The van der Waals surface area contributed by atoms with Gasteiger partial charge in [0.2, 0.25) is 0 Å². The number of ether oxygens (including phenoxy) is 2. The number of hydrogen-bond donors (Lipinski definition) is 2. The number of nitrogens with zero attached hydrogens (tertiary/aromatic N) is 2. The Labute approximate surface area is 178 Å². The van der Waals surface area contributed by atoms with Gasteiger partial charge in [-0.3, -0.25) is 9.98 Å². The summed E-state index contributed by atoms with van der Waals surface area (Å²) >= 11 is 0. The van der Waals surface area contributed by atoms with Crippen molar-refractivity contribution in [2.75, 3.05) is 20.7 Å². The van der Waals surface area contributed by atoms with E-state index in [1.54, 1.807) is 20.4 Å². The quantitative estimate of drug-likeness (QED) is 0.342. The van der Waals surface area contributed by atoms with Crippen molar-refractivity contribution in [3.63, 3.8) is 0 Å². The second-order valence-electron chi connectivity index (χ2n) is 6.50. The number of rotatable bonds is 8. The molecule has 0 saturated heterocycles. The number of aliphatic imine (C=N–C) groups is 1. The molecule has 1 aromatic carbocycles. The molecule has 6 nitrogen and oxygen atoms in total. The van der Waals surface area contributed by atoms with Crippen molar-refractivity contribution in [3.05, 3.63) is 59.9 Å². The van der Waals surface area contributed by atoms with Crippen LogP contribution in [0.5, 0.6) is 5.75 Å². The molecule has 1 aromatic heterocycles. The molecule has 0 saturated carbocycles. The van der Waals surface area contributed by atoms with Gasteiger partial charge in [-0.1, -0.05) is 18.2 Å². The summed E-state index contributed by atoms with van der Waals surface area (Å²) in [6.07, 6.45) is 1.77. The molecule has 0 aliphatic rings. The van der Waals surface area contributed by atoms with E-state index in [2.05, 4.69) is 20.6 Å². The largest absolute Gasteiger partial charge is 0.487 e. The van der Waals surface area contributed by atoms with Crippen molar-refractivity contribution in [2.24, 2.45) is 4.99 Å². The van der Waals surface area contributed by atoms with Gasteiger partial charge in [0.15, 0.2) is 5.96 Å². The zero-order valence-electron chi connectivity index (χ0n) is 16.4. The first kappa shape index (κ1) is 23.2. The predicted molar refractivity (Wildman–Crippen MR) is 120 cm³/mol. The Hall–Kier alpha value is -1.87. The average Bonchev–Trinajstić information content (AvgIpc) is 2.68. The minimum absolute atomic E-state index is 0. The number of methoxy groups -OCH3 is 1. The van der Waals surface area contributed by atoms with Gasteiger partial charge in [0.1, 0.15) is 12.4 Å². The molecule has 2 aromatic rings. The van der Waals surface area contributed by atoms with Crippen molar-refractivity contribution in [1.29, 1.82) is 0 Å². The zero-order chi connectivity index (χ0) is 18.8. The van der Waals surface area contributed by atoms with Gasteiger partial charge in [-0.15, -0.1) is 24.0 Å². The monoisotopic (exact) mass is 484 g/mol. The van der Waals surface area contributed by atoms with Crippen molar-refractivity contribution < 1.29 is 9.47 Å². The number of hydrogen-bond acceptors (Lipinski definition) is 4. The van der Waals surface area contributed by atoms with Gasteiger partial charge < -0.3 is 20.1 Å². The summed E-state index contributed by atoms with van der Waals surface area (Å²) in [5, 5.41) is 6.56. The summed E-state index contributed by atoms with van der Waals surface area (Å²) in [6.45, 7) is 5.86. The smallest absolute Gasteiger partial charge is 0.191 e. The van der Waals surface area contributed by atoms with E-state index in [4.69, 9.17) is 9.47 Å². The first-order chi connectivity index (χ1) is 12.5. The number of pyridine rings is 1. The van der Waals surface area contributed by atoms with Crippen molar-refractivity contribution >= 4 is 29.9 Å². The molecule has 1 heterocycles. The maximum Gasteiger partial charge on any atom is 0.191 e. The van der Waals surface area contributed by atoms with Crippen LogP contribution in [-0.4, -0.2) is 37.2 Å². The van der Waals surface area contributed by atoms with Gasteiger partial charge in [0, 0.05) is 33.4 Å². The Kier molecular flexibility index (Phi) is 10.1. The molecular formula is C20H29IN4O2. The number of guanidine groups is 1. The molecule has 0 radical (unpaired) electrons. The third-order valence-electron chi connectivity index (χ3n) is 3.95. The van der Waals surface area contributed by atoms with E-state index < -0.39 is 0 Å². The van der Waals surface area contributed by atoms with E-state index in [1.165, 1.54) is 0 Å². The minimum atomic E-state index is -0.246. The highest BCUT2D eigenvalue weighted by molar-refractivity contribution is 14.0. The van der Waals surface area contributed by atoms with Gasteiger partial charge in [-0.25, -0.2) is 0 Å². The normalized spacial score (nSPS) is 11.5. The molecule has 0 fully saturated rings. The summed E-state index contributed by atoms with van der Waals surface area (Å²) in [4.78, 5) is 8.47. The van der Waals surface area contributed by atoms with Gasteiger partial charge in [0.05, 0.1) is 11.3 Å². The molecule has 0 bridgehead atoms. The summed E-state index contributed by atoms with van der Waals surface area (Å²) in [7, 11) is 3.46. The molecule has 2 N–H and O–H groups in total. The first-order valence-corrected chi connectivity index (χ1v) is 8.64. The van der Waals surface area contributed by atoms with Crippen molar-refractivity contribution in [1.82, 2.24) is 15.6 Å². The SMILES string of the molecule is CN=C(NCc1ccc(OCc2ccccn2)cc1)NCC(C)(C)OC.I. The molecule has 0 spiro atoms. The topological polar surface area (TPSA) is 67.8 Å². The molecular weight excluding hydrogens is 455 g/mol. The lowest BCUT2D eigenvalue weighted by Gasteiger charge is -2.24. The number of halogens is 1. The average molecular weight is 484 g/mol. The summed E-state index contributed by atoms with van der Waals surface area (Å²) in [6, 6.07) is 13.8. The van der Waals surface area contributed by atoms with Crippen LogP contribution in [0.2, 0.25) is 0 Å². The van der Waals surface area contributed by atoms with E-state index in [1.807, 2.05) is 56.3 Å². The molecule has 0 amide bonds. The highest BCUT2D eigenvalue weighted by Crippen LogP contribution is 2.13. The first-order valence-electron chi connectivity index (χ1n) is 8.64. The summed E-state index contributed by atoms with van der Waals surface area (Å²) < 4.78 is 11.1. The third kappa shape index (κ3) is 8.57. The Balaban J connectivity index is 0.00000364. The Morgan fingerprint density at radius 3 is 2.44 bits per heavy atom. The van der Waals surface area contributed by atoms with Gasteiger partial charge in [-0.2, -0.15) is 0 Å². The molecule has 0 aliphatic heterocycles. The molecule has 0 atom stereocenters. The van der Waals surface area contributed by atoms with Gasteiger partial charge in [-0.05, 0) is 43.7 Å². The van der Waals surface area contributed by atoms with Crippen LogP contribution in [0.4, 0.5) is 0 Å². The van der Waals surface area contributed by atoms with E-state index >= 15 is 0 Å². The molecule has 148 valence electrons. The lowest BCUT2D eigenvalue weighted by molar-refractivity contribution is 0.0268. The fourth-order valence-corrected chi connectivity index (χ4v) is 2.12. The molecule has 27 heavy (non-hydrogen) atoms. The minimum Gasteiger partial charge on any atom is -0.487 e. The zero-order valence-corrected chi connectivity index (χ0v) is 18.7. The van der Waals surface area contributed by atoms with Crippen LogP contribution in [0, 0.1) is 0 Å². The maximum absolute atomic E-state index is 5.75. The van der Waals surface area contributed by atoms with Crippen LogP contribution >= 0.6 is 24.0 Å². The second-order valence-corrected chi connectivity index (χ2v) is 6.50. The third-order valence-corrected chi connectivity index (χ3v) is 3.95. The van der Waals surface area contributed by atoms with Crippen LogP contribution in [0.1, 0.15) is 25.1 Å². The standard InChI is InChI=1S/C20H28N4O2.HI/c1-20(2,25-4)15-24-19(21-3)23-13-16-8-10-18(11-9-16)26-14-17-7-5-6-12-22-17;/h5-12H,13-15H2,1-4H3,(H2,21,23,24);1H. The number of nitrogens with one attached hydrogen (secondary N) is 2. The maximum atomic E-state index is 5.75. The van der Waals surface area contributed by atoms with Crippen molar-refractivity contribution in [2.45, 2.75) is 32.6 Å². The van der Waals surface area contributed by atoms with Crippen molar-refractivity contribution in [3.8, 4) is 5.75 Å². The van der Waals surface area contributed by atoms with E-state index in [0.717, 1.165) is 23.0 Å². The van der Waals surface area contributed by atoms with E-state index in [-0.39, 0.29) is 29.6 Å². The van der Waals surface area contributed by atoms with Gasteiger partial charge in [0.25, 0.3) is 0 Å². The number of aromatic nitrogens is 1. The van der Waals surface area contributed by atoms with Gasteiger partial charge >= 0.3 is 0 Å². The van der Waals surface area contributed by atoms with Crippen LogP contribution in [0.25, 0.3) is 0 Å². The second kappa shape index (κ2) is 11.8. The van der Waals surface area contributed by atoms with E-state index in [9.17, 15) is 0 Å². The molecule has 0 unspecified atom stereocenters. The Bertz CT molecular complexity index is 691. The lowest BCUT2D eigenvalue weighted by atomic mass is 10.1. The molecule has 2 rings (SSSR count). The van der Waals surface area contributed by atoms with Crippen LogP contribution in [-0.2, 0) is 17.9 Å². The molecule has 0 aliphatic carbocycles. The Morgan fingerprint density at radius 2 is 1.85 bits per heavy atom.